The number of rotatable bonds is 3. The highest BCUT2D eigenvalue weighted by Gasteiger charge is 2.47. The van der Waals surface area contributed by atoms with Crippen molar-refractivity contribution in [2.75, 3.05) is 0 Å². The van der Waals surface area contributed by atoms with E-state index in [9.17, 15) is 9.70 Å². The van der Waals surface area contributed by atoms with Gasteiger partial charge in [0.05, 0.1) is 0 Å². The van der Waals surface area contributed by atoms with Gasteiger partial charge in [-0.1, -0.05) is 25.4 Å². The Morgan fingerprint density at radius 1 is 1.67 bits per heavy atom. The van der Waals surface area contributed by atoms with Crippen LogP contribution in [0.1, 0.15) is 39.5 Å². The summed E-state index contributed by atoms with van der Waals surface area (Å²) in [5.41, 5.74) is -0.866. The Morgan fingerprint density at radius 3 is 2.67 bits per heavy atom. The Labute approximate surface area is 72.5 Å². The molecule has 0 radical (unpaired) electrons. The molecule has 3 nitrogen and oxygen atoms in total. The van der Waals surface area contributed by atoms with E-state index >= 15 is 0 Å². The number of carbonyl (C=O) groups excluding carboxylic acids is 1. The van der Waals surface area contributed by atoms with Gasteiger partial charge in [-0.05, 0) is 18.8 Å². The fourth-order valence-electron chi connectivity index (χ4n) is 1.92. The van der Waals surface area contributed by atoms with Gasteiger partial charge in [0.25, 0.3) is 0 Å². The van der Waals surface area contributed by atoms with Crippen LogP contribution in [0.5, 0.6) is 0 Å². The Kier molecular flexibility index (Phi) is 2.60. The zero-order chi connectivity index (χ0) is 9.19. The summed E-state index contributed by atoms with van der Waals surface area (Å²) in [6.45, 7) is 3.92. The van der Waals surface area contributed by atoms with Crippen molar-refractivity contribution in [1.82, 2.24) is 0 Å². The Balaban J connectivity index is 2.88. The topological polar surface area (TPSA) is 46.5 Å². The van der Waals surface area contributed by atoms with E-state index in [2.05, 4.69) is 5.18 Å². The summed E-state index contributed by atoms with van der Waals surface area (Å²) in [5.74, 6) is 0.150. The molecule has 0 amide bonds. The minimum absolute atomic E-state index is 0.0480. The van der Waals surface area contributed by atoms with Gasteiger partial charge in [-0.25, -0.2) is 0 Å². The second kappa shape index (κ2) is 3.33. The Hall–Kier alpha value is -0.730. The smallest absolute Gasteiger partial charge is 0.164 e. The lowest BCUT2D eigenvalue weighted by molar-refractivity contribution is -0.123. The van der Waals surface area contributed by atoms with E-state index in [1.807, 2.05) is 13.8 Å². The molecule has 3 heteroatoms. The molecule has 0 bridgehead atoms. The van der Waals surface area contributed by atoms with Crippen molar-refractivity contribution < 1.29 is 4.79 Å². The summed E-state index contributed by atoms with van der Waals surface area (Å²) in [6, 6.07) is 0. The maximum Gasteiger partial charge on any atom is 0.164 e. The molecule has 1 fully saturated rings. The van der Waals surface area contributed by atoms with Crippen molar-refractivity contribution >= 4 is 5.78 Å². The minimum Gasteiger partial charge on any atom is -0.297 e. The van der Waals surface area contributed by atoms with Crippen molar-refractivity contribution in [3.8, 4) is 0 Å². The molecular weight excluding hydrogens is 154 g/mol. The summed E-state index contributed by atoms with van der Waals surface area (Å²) in [5, 5.41) is 3.07. The molecule has 0 N–H and O–H groups in total. The first-order chi connectivity index (χ1) is 5.67. The summed E-state index contributed by atoms with van der Waals surface area (Å²) in [4.78, 5) is 22.1. The van der Waals surface area contributed by atoms with Crippen LogP contribution in [-0.2, 0) is 4.79 Å². The van der Waals surface area contributed by atoms with Crippen LogP contribution in [0.2, 0.25) is 0 Å². The number of hydrogen-bond donors (Lipinski definition) is 0. The summed E-state index contributed by atoms with van der Waals surface area (Å²) in [6.07, 6.45) is 2.87. The van der Waals surface area contributed by atoms with Gasteiger partial charge in [-0.2, -0.15) is 0 Å². The first-order valence-electron chi connectivity index (χ1n) is 4.55. The summed E-state index contributed by atoms with van der Waals surface area (Å²) >= 11 is 0. The maximum atomic E-state index is 11.4. The van der Waals surface area contributed by atoms with E-state index in [4.69, 9.17) is 0 Å². The molecule has 0 aliphatic heterocycles. The number of carbonyl (C=O) groups is 1. The molecule has 0 spiro atoms. The molecule has 0 aromatic rings. The lowest BCUT2D eigenvalue weighted by Crippen LogP contribution is -2.38. The highest BCUT2D eigenvalue weighted by Crippen LogP contribution is 2.37. The van der Waals surface area contributed by atoms with E-state index < -0.39 is 5.54 Å². The fraction of sp³-hybridized carbons (Fsp3) is 0.889. The maximum absolute atomic E-state index is 11.4. The van der Waals surface area contributed by atoms with Gasteiger partial charge in [-0.3, -0.25) is 4.79 Å². The van der Waals surface area contributed by atoms with Gasteiger partial charge < -0.3 is 0 Å². The number of nitroso groups, excluding NO2 is 1. The summed E-state index contributed by atoms with van der Waals surface area (Å²) in [7, 11) is 0. The molecule has 1 rings (SSSR count). The van der Waals surface area contributed by atoms with Gasteiger partial charge in [0.1, 0.15) is 0 Å². The van der Waals surface area contributed by atoms with Gasteiger partial charge in [0.15, 0.2) is 11.3 Å². The van der Waals surface area contributed by atoms with E-state index in [-0.39, 0.29) is 11.7 Å². The van der Waals surface area contributed by atoms with Crippen molar-refractivity contribution in [3.05, 3.63) is 4.91 Å². The Morgan fingerprint density at radius 2 is 2.33 bits per heavy atom. The van der Waals surface area contributed by atoms with Crippen LogP contribution in [0.15, 0.2) is 5.18 Å². The average molecular weight is 169 g/mol. The molecule has 0 heterocycles. The van der Waals surface area contributed by atoms with Gasteiger partial charge in [0.2, 0.25) is 0 Å². The van der Waals surface area contributed by atoms with Crippen LogP contribution in [0.4, 0.5) is 0 Å². The molecule has 0 aromatic heterocycles. The molecule has 12 heavy (non-hydrogen) atoms. The van der Waals surface area contributed by atoms with E-state index in [1.54, 1.807) is 0 Å². The normalized spacial score (nSPS) is 32.0. The predicted octanol–water partition coefficient (Wildman–Crippen LogP) is 2.29. The van der Waals surface area contributed by atoms with Crippen LogP contribution in [0.3, 0.4) is 0 Å². The van der Waals surface area contributed by atoms with Gasteiger partial charge in [0, 0.05) is 6.42 Å². The van der Waals surface area contributed by atoms with Crippen LogP contribution in [0.25, 0.3) is 0 Å². The first-order valence-corrected chi connectivity index (χ1v) is 4.55. The van der Waals surface area contributed by atoms with Crippen LogP contribution in [-0.4, -0.2) is 11.3 Å². The second-order valence-electron chi connectivity index (χ2n) is 3.60. The molecule has 2 unspecified atom stereocenters. The minimum atomic E-state index is -0.866. The highest BCUT2D eigenvalue weighted by molar-refractivity contribution is 5.90. The number of Topliss-reactive ketones (excluding diaryl/α,β-unsaturated/α-hetero) is 1. The zero-order valence-corrected chi connectivity index (χ0v) is 7.67. The van der Waals surface area contributed by atoms with Crippen molar-refractivity contribution in [2.24, 2.45) is 11.1 Å². The second-order valence-corrected chi connectivity index (χ2v) is 3.60. The van der Waals surface area contributed by atoms with Crippen LogP contribution >= 0.6 is 0 Å². The molecule has 1 saturated carbocycles. The molecule has 68 valence electrons. The van der Waals surface area contributed by atoms with E-state index in [0.29, 0.717) is 12.8 Å². The van der Waals surface area contributed by atoms with Crippen molar-refractivity contribution in [3.63, 3.8) is 0 Å². The third kappa shape index (κ3) is 1.17. The SMILES string of the molecule is CCC(C)C1(N=O)CCCC1=O. The van der Waals surface area contributed by atoms with E-state index in [0.717, 1.165) is 12.8 Å². The van der Waals surface area contributed by atoms with Crippen LogP contribution in [0, 0.1) is 10.8 Å². The van der Waals surface area contributed by atoms with E-state index in [1.165, 1.54) is 0 Å². The van der Waals surface area contributed by atoms with Gasteiger partial charge in [-0.15, -0.1) is 4.91 Å². The molecule has 1 aliphatic rings. The van der Waals surface area contributed by atoms with Gasteiger partial charge >= 0.3 is 0 Å². The van der Waals surface area contributed by atoms with Crippen molar-refractivity contribution in [2.45, 2.75) is 45.1 Å². The first kappa shape index (κ1) is 9.36. The molecule has 2 atom stereocenters. The number of ketones is 1. The largest absolute Gasteiger partial charge is 0.297 e. The number of hydrogen-bond acceptors (Lipinski definition) is 3. The lowest BCUT2D eigenvalue weighted by atomic mass is 9.82. The molecule has 1 aliphatic carbocycles. The quantitative estimate of drug-likeness (QED) is 0.608. The fourth-order valence-corrected chi connectivity index (χ4v) is 1.92. The Bertz CT molecular complexity index is 203. The zero-order valence-electron chi connectivity index (χ0n) is 7.67. The monoisotopic (exact) mass is 169 g/mol. The summed E-state index contributed by atoms with van der Waals surface area (Å²) < 4.78 is 0. The molecular formula is C9H15NO2. The molecule has 0 aromatic carbocycles. The average Bonchev–Trinajstić information content (AvgIpc) is 2.46. The third-order valence-electron chi connectivity index (χ3n) is 3.04. The lowest BCUT2D eigenvalue weighted by Gasteiger charge is -2.24. The predicted molar refractivity (Wildman–Crippen MR) is 46.8 cm³/mol. The van der Waals surface area contributed by atoms with Crippen LogP contribution < -0.4 is 0 Å². The highest BCUT2D eigenvalue weighted by atomic mass is 16.3. The number of nitrogens with zero attached hydrogens (tertiary/aromatic N) is 1. The third-order valence-corrected chi connectivity index (χ3v) is 3.04. The molecule has 0 saturated heterocycles. The standard InChI is InChI=1S/C9H15NO2/c1-3-7(2)9(10-12)6-4-5-8(9)11/h7H,3-6H2,1-2H3. The van der Waals surface area contributed by atoms with Crippen molar-refractivity contribution in [1.29, 1.82) is 0 Å².